The highest BCUT2D eigenvalue weighted by Crippen LogP contribution is 2.37. The average Bonchev–Trinajstić information content (AvgIpc) is 3.23. The third-order valence-electron chi connectivity index (χ3n) is 13.4. The van der Waals surface area contributed by atoms with Gasteiger partial charge in [0.25, 0.3) is 0 Å². The second-order valence-corrected chi connectivity index (χ2v) is 18.7. The van der Waals surface area contributed by atoms with E-state index >= 15 is 0 Å². The molecular formula is C46H77NO17. The number of aldehydes is 1. The van der Waals surface area contributed by atoms with Gasteiger partial charge in [0.15, 0.2) is 24.7 Å². The van der Waals surface area contributed by atoms with E-state index in [4.69, 9.17) is 42.6 Å². The number of aliphatic hydroxyl groups is 5. The van der Waals surface area contributed by atoms with Crippen LogP contribution < -0.4 is 0 Å². The molecule has 0 aromatic rings. The quantitative estimate of drug-likeness (QED) is 0.131. The summed E-state index contributed by atoms with van der Waals surface area (Å²) in [6.45, 7) is 13.6. The number of likely N-dealkylation sites (N-methyl/N-ethyl adjacent to an activating group) is 1. The maximum Gasteiger partial charge on any atom is 0.308 e. The van der Waals surface area contributed by atoms with Crippen molar-refractivity contribution in [1.82, 2.24) is 4.90 Å². The smallest absolute Gasteiger partial charge is 0.308 e. The van der Waals surface area contributed by atoms with Crippen LogP contribution in [0.1, 0.15) is 87.5 Å². The first kappa shape index (κ1) is 54.3. The van der Waals surface area contributed by atoms with E-state index < -0.39 is 140 Å². The summed E-state index contributed by atoms with van der Waals surface area (Å²) < 4.78 is 54.7. The van der Waals surface area contributed by atoms with E-state index in [0.29, 0.717) is 12.0 Å². The predicted molar refractivity (Wildman–Crippen MR) is 230 cm³/mol. The molecule has 368 valence electrons. The summed E-state index contributed by atoms with van der Waals surface area (Å²) >= 11 is 0. The summed E-state index contributed by atoms with van der Waals surface area (Å²) in [4.78, 5) is 41.5. The number of cyclic esters (lactones) is 1. The van der Waals surface area contributed by atoms with Crippen molar-refractivity contribution in [3.8, 4) is 0 Å². The van der Waals surface area contributed by atoms with Gasteiger partial charge in [-0.25, -0.2) is 0 Å². The molecule has 0 saturated carbocycles. The van der Waals surface area contributed by atoms with E-state index in [9.17, 15) is 39.9 Å². The number of esters is 1. The Hall–Kier alpha value is -2.27. The van der Waals surface area contributed by atoms with Crippen molar-refractivity contribution in [2.75, 3.05) is 34.9 Å². The minimum absolute atomic E-state index is 0.00788. The topological polar surface area (TPSA) is 239 Å². The minimum atomic E-state index is -1.49. The SMILES string of the molecule is CC[C@H]1OC(=O)C[C@@H](O)[C@H](C)[C@@H](O[C@@H]2OC(C)[C@@H](O[C@H]3CC(C)(O)[C@@H](O)[C@@H](C)O3)[C@@H](N(C)C)[C@@H]2O)[C@@H](CC=O)C[C@@H](C)C(=O)/C=C/C(C)=C/[C@@H]1CO[C@@H]1OC(C)[C@@H](O)[C@H](OC)[C@@H]1OC. The highest BCUT2D eigenvalue weighted by atomic mass is 16.7. The van der Waals surface area contributed by atoms with Gasteiger partial charge in [0.1, 0.15) is 49.0 Å². The molecule has 18 heteroatoms. The number of ketones is 1. The molecule has 0 aromatic heterocycles. The first-order valence-electron chi connectivity index (χ1n) is 22.7. The van der Waals surface area contributed by atoms with Gasteiger partial charge < -0.3 is 77.9 Å². The minimum Gasteiger partial charge on any atom is -0.462 e. The summed E-state index contributed by atoms with van der Waals surface area (Å²) in [6, 6.07) is -0.748. The monoisotopic (exact) mass is 916 g/mol. The molecule has 18 nitrogen and oxygen atoms in total. The van der Waals surface area contributed by atoms with Gasteiger partial charge in [-0.15, -0.1) is 0 Å². The van der Waals surface area contributed by atoms with E-state index in [2.05, 4.69) is 0 Å². The van der Waals surface area contributed by atoms with Crippen LogP contribution in [0, 0.1) is 23.7 Å². The highest BCUT2D eigenvalue weighted by Gasteiger charge is 2.52. The fraction of sp³-hybridized carbons (Fsp3) is 0.848. The lowest BCUT2D eigenvalue weighted by Gasteiger charge is -2.50. The summed E-state index contributed by atoms with van der Waals surface area (Å²) in [5.74, 6) is -3.59. The summed E-state index contributed by atoms with van der Waals surface area (Å²) in [5.41, 5.74) is -0.806. The van der Waals surface area contributed by atoms with Crippen LogP contribution in [0.2, 0.25) is 0 Å². The number of hydrogen-bond acceptors (Lipinski definition) is 18. The molecule has 0 aromatic carbocycles. The molecule has 0 amide bonds. The van der Waals surface area contributed by atoms with Crippen molar-refractivity contribution < 1.29 is 82.5 Å². The van der Waals surface area contributed by atoms with E-state index in [1.54, 1.807) is 59.7 Å². The zero-order valence-corrected chi connectivity index (χ0v) is 39.7. The fourth-order valence-electron chi connectivity index (χ4n) is 9.51. The van der Waals surface area contributed by atoms with Gasteiger partial charge in [-0.05, 0) is 73.5 Å². The molecular weight excluding hydrogens is 838 g/mol. The number of allylic oxidation sites excluding steroid dienone is 3. The van der Waals surface area contributed by atoms with E-state index in [0.717, 1.165) is 6.29 Å². The Balaban J connectivity index is 1.62. The number of carbonyl (C=O) groups is 3. The van der Waals surface area contributed by atoms with Crippen LogP contribution in [-0.2, 0) is 57.0 Å². The molecule has 4 rings (SSSR count). The molecule has 4 aliphatic rings. The van der Waals surface area contributed by atoms with Gasteiger partial charge in [0.2, 0.25) is 0 Å². The van der Waals surface area contributed by atoms with Gasteiger partial charge in [0.05, 0.1) is 55.2 Å². The van der Waals surface area contributed by atoms with Crippen LogP contribution in [0.3, 0.4) is 0 Å². The van der Waals surface area contributed by atoms with Crippen LogP contribution in [0.15, 0.2) is 23.8 Å². The number of aliphatic hydroxyl groups excluding tert-OH is 4. The van der Waals surface area contributed by atoms with Crippen molar-refractivity contribution in [3.63, 3.8) is 0 Å². The zero-order valence-electron chi connectivity index (χ0n) is 39.7. The molecule has 3 unspecified atom stereocenters. The Kier molecular flexibility index (Phi) is 20.5. The number of ether oxygens (including phenoxy) is 9. The third kappa shape index (κ3) is 13.5. The van der Waals surface area contributed by atoms with Crippen molar-refractivity contribution in [2.24, 2.45) is 23.7 Å². The summed E-state index contributed by atoms with van der Waals surface area (Å²) in [7, 11) is 6.43. The molecule has 21 atom stereocenters. The Morgan fingerprint density at radius 2 is 1.52 bits per heavy atom. The van der Waals surface area contributed by atoms with Crippen molar-refractivity contribution >= 4 is 18.0 Å². The summed E-state index contributed by atoms with van der Waals surface area (Å²) in [6.07, 6.45) is -8.49. The number of carbonyl (C=O) groups excluding carboxylic acids is 3. The number of methoxy groups -OCH3 is 2. The van der Waals surface area contributed by atoms with Crippen molar-refractivity contribution in [3.05, 3.63) is 23.8 Å². The predicted octanol–water partition coefficient (Wildman–Crippen LogP) is 1.83. The van der Waals surface area contributed by atoms with Crippen molar-refractivity contribution in [2.45, 2.75) is 191 Å². The molecule has 0 aliphatic carbocycles. The highest BCUT2D eigenvalue weighted by molar-refractivity contribution is 5.91. The normalized spacial score (nSPS) is 45.9. The first-order chi connectivity index (χ1) is 30.1. The molecule has 64 heavy (non-hydrogen) atoms. The maximum atomic E-state index is 13.8. The lowest BCUT2D eigenvalue weighted by Crippen LogP contribution is -2.65. The molecule has 0 spiro atoms. The molecule has 3 fully saturated rings. The Bertz CT molecular complexity index is 1560. The Labute approximate surface area is 378 Å². The Morgan fingerprint density at radius 3 is 2.11 bits per heavy atom. The van der Waals surface area contributed by atoms with Gasteiger partial charge in [0, 0.05) is 44.8 Å². The molecule has 4 heterocycles. The Morgan fingerprint density at radius 1 is 0.859 bits per heavy atom. The lowest BCUT2D eigenvalue weighted by molar-refractivity contribution is -0.341. The van der Waals surface area contributed by atoms with Crippen molar-refractivity contribution in [1.29, 1.82) is 0 Å². The van der Waals surface area contributed by atoms with E-state index in [1.165, 1.54) is 27.2 Å². The van der Waals surface area contributed by atoms with Gasteiger partial charge in [-0.2, -0.15) is 0 Å². The van der Waals surface area contributed by atoms with Crippen LogP contribution in [0.25, 0.3) is 0 Å². The van der Waals surface area contributed by atoms with Crippen LogP contribution in [-0.4, -0.2) is 187 Å². The second kappa shape index (κ2) is 24.1. The third-order valence-corrected chi connectivity index (χ3v) is 13.4. The number of nitrogens with zero attached hydrogens (tertiary/aromatic N) is 1. The molecule has 0 radical (unpaired) electrons. The van der Waals surface area contributed by atoms with Gasteiger partial charge in [-0.1, -0.05) is 38.5 Å². The molecule has 5 N–H and O–H groups in total. The number of rotatable bonds is 13. The van der Waals surface area contributed by atoms with Crippen LogP contribution in [0.4, 0.5) is 0 Å². The van der Waals surface area contributed by atoms with Gasteiger partial charge >= 0.3 is 5.97 Å². The average molecular weight is 916 g/mol. The molecule has 4 aliphatic heterocycles. The molecule has 0 bridgehead atoms. The number of hydrogen-bond donors (Lipinski definition) is 5. The van der Waals surface area contributed by atoms with E-state index in [1.807, 2.05) is 19.9 Å². The largest absolute Gasteiger partial charge is 0.462 e. The summed E-state index contributed by atoms with van der Waals surface area (Å²) in [5, 5.41) is 55.8. The fourth-order valence-corrected chi connectivity index (χ4v) is 9.51. The van der Waals surface area contributed by atoms with Crippen LogP contribution >= 0.6 is 0 Å². The van der Waals surface area contributed by atoms with Crippen LogP contribution in [0.5, 0.6) is 0 Å². The second-order valence-electron chi connectivity index (χ2n) is 18.7. The molecule has 3 saturated heterocycles. The van der Waals surface area contributed by atoms with E-state index in [-0.39, 0.29) is 31.7 Å². The van der Waals surface area contributed by atoms with Gasteiger partial charge in [-0.3, -0.25) is 9.59 Å². The zero-order chi connectivity index (χ0) is 47.8. The first-order valence-corrected chi connectivity index (χ1v) is 22.7. The standard InChI is InChI=1S/C46H77NO17/c1-13-33-30(22-58-45-42(57-12)41(56-11)37(52)26(5)60-45)18-23(2)14-15-31(49)24(3)19-29(16-17-48)39(25(4)32(50)20-34(51)62-33)64-44-38(53)36(47(9)10)40(27(6)61-44)63-35-21-46(8,55)43(54)28(7)59-35/h14-15,17-18,24-30,32-33,35-45,50,52-55H,13,16,19-22H2,1-12H3/b15-14+,23-18+/t24-,25+,26?,27?,28-,29+,30-,32-,33-,35+,36+,37-,38+,39-,40-,41+,42+,43+,44+,45-,46?/m1/s1. The maximum absolute atomic E-state index is 13.8. The lowest BCUT2D eigenvalue weighted by atomic mass is 9.79.